The SMILES string of the molecule is C=C.C[N+](C)(C)CCO. The molecule has 0 rings (SSSR count). The average Bonchev–Trinajstić information content (AvgIpc) is 1.69. The first-order valence-corrected chi connectivity index (χ1v) is 2.97. The Morgan fingerprint density at radius 3 is 1.56 bits per heavy atom. The summed E-state index contributed by atoms with van der Waals surface area (Å²) in [6.45, 7) is 7.11. The van der Waals surface area contributed by atoms with Crippen LogP contribution in [0.4, 0.5) is 0 Å². The van der Waals surface area contributed by atoms with Crippen molar-refractivity contribution < 1.29 is 9.59 Å². The highest BCUT2D eigenvalue weighted by Gasteiger charge is 2.02. The molecule has 0 aromatic rings. The second-order valence-electron chi connectivity index (χ2n) is 2.74. The fourth-order valence-corrected chi connectivity index (χ4v) is 0.300. The molecule has 0 bridgehead atoms. The summed E-state index contributed by atoms with van der Waals surface area (Å²) in [6, 6.07) is 0. The Morgan fingerprint density at radius 2 is 1.56 bits per heavy atom. The van der Waals surface area contributed by atoms with Crippen molar-refractivity contribution in [2.45, 2.75) is 0 Å². The van der Waals surface area contributed by atoms with E-state index in [1.165, 1.54) is 0 Å². The third-order valence-electron chi connectivity index (χ3n) is 0.771. The maximum absolute atomic E-state index is 8.39. The lowest BCUT2D eigenvalue weighted by Gasteiger charge is -2.21. The minimum atomic E-state index is 0.281. The summed E-state index contributed by atoms with van der Waals surface area (Å²) in [6.07, 6.45) is 0. The second-order valence-corrected chi connectivity index (χ2v) is 2.74. The van der Waals surface area contributed by atoms with Gasteiger partial charge in [0.1, 0.15) is 6.54 Å². The first kappa shape index (κ1) is 11.5. The molecule has 0 unspecified atom stereocenters. The molecule has 9 heavy (non-hydrogen) atoms. The van der Waals surface area contributed by atoms with Gasteiger partial charge in [0.15, 0.2) is 0 Å². The molecule has 0 aromatic heterocycles. The molecule has 0 aliphatic carbocycles. The van der Waals surface area contributed by atoms with Crippen molar-refractivity contribution in [3.8, 4) is 0 Å². The summed E-state index contributed by atoms with van der Waals surface area (Å²) >= 11 is 0. The van der Waals surface area contributed by atoms with Gasteiger partial charge in [-0.1, -0.05) is 0 Å². The Morgan fingerprint density at radius 1 is 1.22 bits per heavy atom. The molecule has 0 aliphatic heterocycles. The lowest BCUT2D eigenvalue weighted by Crippen LogP contribution is -2.36. The molecule has 0 aliphatic rings. The van der Waals surface area contributed by atoms with Gasteiger partial charge in [0, 0.05) is 0 Å². The van der Waals surface area contributed by atoms with E-state index in [2.05, 4.69) is 34.3 Å². The molecule has 2 heteroatoms. The lowest BCUT2D eigenvalue weighted by molar-refractivity contribution is -0.870. The average molecular weight is 132 g/mol. The normalized spacial score (nSPS) is 9.78. The van der Waals surface area contributed by atoms with Gasteiger partial charge >= 0.3 is 0 Å². The van der Waals surface area contributed by atoms with Crippen molar-refractivity contribution in [3.63, 3.8) is 0 Å². The minimum Gasteiger partial charge on any atom is -0.391 e. The Labute approximate surface area is 58.0 Å². The molecule has 0 saturated heterocycles. The number of aliphatic hydroxyl groups excluding tert-OH is 1. The van der Waals surface area contributed by atoms with Crippen molar-refractivity contribution in [1.29, 1.82) is 0 Å². The molecule has 0 amide bonds. The standard InChI is InChI=1S/C5H14NO.C2H4/c1-6(2,3)4-5-7;1-2/h7H,4-5H2,1-3H3;1-2H2/q+1;. The Kier molecular flexibility index (Phi) is 7.37. The molecule has 1 N–H and O–H groups in total. The maximum Gasteiger partial charge on any atom is 0.101 e. The van der Waals surface area contributed by atoms with Crippen LogP contribution < -0.4 is 0 Å². The molecule has 0 saturated carbocycles. The molecule has 0 spiro atoms. The number of nitrogens with zero attached hydrogens (tertiary/aromatic N) is 1. The van der Waals surface area contributed by atoms with Crippen LogP contribution >= 0.6 is 0 Å². The summed E-state index contributed by atoms with van der Waals surface area (Å²) in [4.78, 5) is 0. The van der Waals surface area contributed by atoms with Gasteiger partial charge < -0.3 is 9.59 Å². The number of hydrogen-bond acceptors (Lipinski definition) is 1. The molecule has 2 nitrogen and oxygen atoms in total. The number of hydrogen-bond donors (Lipinski definition) is 1. The van der Waals surface area contributed by atoms with Crippen molar-refractivity contribution in [2.24, 2.45) is 0 Å². The number of rotatable bonds is 2. The van der Waals surface area contributed by atoms with Crippen LogP contribution in [0.1, 0.15) is 0 Å². The van der Waals surface area contributed by atoms with E-state index < -0.39 is 0 Å². The fourth-order valence-electron chi connectivity index (χ4n) is 0.300. The summed E-state index contributed by atoms with van der Waals surface area (Å²) in [7, 11) is 6.16. The number of quaternary nitrogens is 1. The Balaban J connectivity index is 0. The monoisotopic (exact) mass is 132 g/mol. The van der Waals surface area contributed by atoms with E-state index in [1.54, 1.807) is 0 Å². The fraction of sp³-hybridized carbons (Fsp3) is 0.714. The molecule has 0 radical (unpaired) electrons. The second kappa shape index (κ2) is 5.79. The van der Waals surface area contributed by atoms with Crippen LogP contribution in [0.2, 0.25) is 0 Å². The van der Waals surface area contributed by atoms with E-state index in [0.29, 0.717) is 0 Å². The first-order chi connectivity index (χ1) is 4.06. The summed E-state index contributed by atoms with van der Waals surface area (Å²) in [5.41, 5.74) is 0. The van der Waals surface area contributed by atoms with E-state index >= 15 is 0 Å². The molecule has 0 heterocycles. The number of aliphatic hydroxyl groups is 1. The predicted molar refractivity (Wildman–Crippen MR) is 41.2 cm³/mol. The first-order valence-electron chi connectivity index (χ1n) is 2.97. The lowest BCUT2D eigenvalue weighted by atomic mass is 10.5. The zero-order valence-corrected chi connectivity index (χ0v) is 6.72. The van der Waals surface area contributed by atoms with Gasteiger partial charge in [-0.05, 0) is 0 Å². The van der Waals surface area contributed by atoms with Gasteiger partial charge in [0.05, 0.1) is 27.7 Å². The van der Waals surface area contributed by atoms with Crippen molar-refractivity contribution >= 4 is 0 Å². The highest BCUT2D eigenvalue weighted by atomic mass is 16.3. The minimum absolute atomic E-state index is 0.281. The third-order valence-corrected chi connectivity index (χ3v) is 0.771. The summed E-state index contributed by atoms with van der Waals surface area (Å²) in [5.74, 6) is 0. The quantitative estimate of drug-likeness (QED) is 0.428. The van der Waals surface area contributed by atoms with E-state index in [1.807, 2.05) is 0 Å². The number of likely N-dealkylation sites (N-methyl/N-ethyl adjacent to an activating group) is 1. The van der Waals surface area contributed by atoms with Crippen molar-refractivity contribution in [2.75, 3.05) is 34.3 Å². The molecule has 0 atom stereocenters. The zero-order chi connectivity index (χ0) is 7.91. The van der Waals surface area contributed by atoms with Gasteiger partial charge in [-0.25, -0.2) is 0 Å². The highest BCUT2D eigenvalue weighted by molar-refractivity contribution is 4.22. The van der Waals surface area contributed by atoms with Gasteiger partial charge in [-0.15, -0.1) is 13.2 Å². The molecule has 0 aromatic carbocycles. The van der Waals surface area contributed by atoms with Crippen LogP contribution in [0.15, 0.2) is 13.2 Å². The summed E-state index contributed by atoms with van der Waals surface area (Å²) < 4.78 is 0.844. The Bertz CT molecular complexity index is 56.4. The van der Waals surface area contributed by atoms with E-state index in [9.17, 15) is 0 Å². The van der Waals surface area contributed by atoms with Crippen LogP contribution in [-0.4, -0.2) is 43.9 Å². The van der Waals surface area contributed by atoms with Crippen molar-refractivity contribution in [3.05, 3.63) is 13.2 Å². The van der Waals surface area contributed by atoms with Crippen LogP contribution in [0.5, 0.6) is 0 Å². The highest BCUT2D eigenvalue weighted by Crippen LogP contribution is 1.84. The van der Waals surface area contributed by atoms with Crippen molar-refractivity contribution in [1.82, 2.24) is 0 Å². The molecule has 0 fully saturated rings. The van der Waals surface area contributed by atoms with E-state index in [-0.39, 0.29) is 6.61 Å². The topological polar surface area (TPSA) is 20.2 Å². The van der Waals surface area contributed by atoms with Gasteiger partial charge in [0.25, 0.3) is 0 Å². The van der Waals surface area contributed by atoms with Crippen LogP contribution in [0.25, 0.3) is 0 Å². The predicted octanol–water partition coefficient (Wildman–Crippen LogP) is 0.487. The van der Waals surface area contributed by atoms with Crippen LogP contribution in [0.3, 0.4) is 0 Å². The van der Waals surface area contributed by atoms with Crippen LogP contribution in [-0.2, 0) is 0 Å². The Hall–Kier alpha value is -0.340. The third kappa shape index (κ3) is 18.3. The maximum atomic E-state index is 8.39. The van der Waals surface area contributed by atoms with E-state index in [0.717, 1.165) is 11.0 Å². The molecular weight excluding hydrogens is 114 g/mol. The van der Waals surface area contributed by atoms with Gasteiger partial charge in [-0.2, -0.15) is 0 Å². The van der Waals surface area contributed by atoms with E-state index in [4.69, 9.17) is 5.11 Å². The van der Waals surface area contributed by atoms with Crippen LogP contribution in [0, 0.1) is 0 Å². The largest absolute Gasteiger partial charge is 0.391 e. The molecular formula is C7H18NO+. The van der Waals surface area contributed by atoms with Gasteiger partial charge in [-0.3, -0.25) is 0 Å². The molecule has 56 valence electrons. The smallest absolute Gasteiger partial charge is 0.101 e. The zero-order valence-electron chi connectivity index (χ0n) is 6.72. The summed E-state index contributed by atoms with van der Waals surface area (Å²) in [5, 5.41) is 8.39. The van der Waals surface area contributed by atoms with Gasteiger partial charge in [0.2, 0.25) is 0 Å².